The van der Waals surface area contributed by atoms with Crippen LogP contribution in [0.5, 0.6) is 0 Å². The minimum Gasteiger partial charge on any atom is -0.468 e. The summed E-state index contributed by atoms with van der Waals surface area (Å²) in [5.41, 5.74) is 0. The summed E-state index contributed by atoms with van der Waals surface area (Å²) in [6.07, 6.45) is 8.09. The average Bonchev–Trinajstić information content (AvgIpc) is 2.73. The van der Waals surface area contributed by atoms with Gasteiger partial charge in [0.25, 0.3) is 0 Å². The Kier molecular flexibility index (Phi) is 4.47. The Morgan fingerprint density at radius 1 is 1.50 bits per heavy atom. The molecule has 1 heterocycles. The van der Waals surface area contributed by atoms with Gasteiger partial charge in [0, 0.05) is 12.0 Å². The predicted molar refractivity (Wildman–Crippen MR) is 69.7 cm³/mol. The Morgan fingerprint density at radius 2 is 2.38 bits per heavy atom. The standard InChI is InChI=1S/C13H20BrNO/c1-2-7-15-11-5-3-4-10(9-11)13-12(14)6-8-16-13/h6,8,10-11,15H,2-5,7,9H2,1H3. The summed E-state index contributed by atoms with van der Waals surface area (Å²) in [4.78, 5) is 0. The van der Waals surface area contributed by atoms with E-state index in [2.05, 4.69) is 28.2 Å². The Hall–Kier alpha value is -0.280. The lowest BCUT2D eigenvalue weighted by molar-refractivity contribution is 0.308. The van der Waals surface area contributed by atoms with E-state index in [1.54, 1.807) is 6.26 Å². The minimum atomic E-state index is 0.590. The predicted octanol–water partition coefficient (Wildman–Crippen LogP) is 4.07. The Labute approximate surface area is 106 Å². The molecule has 1 aromatic heterocycles. The van der Waals surface area contributed by atoms with Crippen LogP contribution in [-0.4, -0.2) is 12.6 Å². The highest BCUT2D eigenvalue weighted by atomic mass is 79.9. The number of furan rings is 1. The SMILES string of the molecule is CCCNC1CCCC(c2occc2Br)C1. The topological polar surface area (TPSA) is 25.2 Å². The van der Waals surface area contributed by atoms with Crippen molar-refractivity contribution < 1.29 is 4.42 Å². The summed E-state index contributed by atoms with van der Waals surface area (Å²) in [5, 5.41) is 3.63. The van der Waals surface area contributed by atoms with Crippen molar-refractivity contribution in [3.05, 3.63) is 22.6 Å². The van der Waals surface area contributed by atoms with Crippen LogP contribution in [0.15, 0.2) is 21.2 Å². The Bertz CT molecular complexity index is 323. The van der Waals surface area contributed by atoms with E-state index in [0.29, 0.717) is 12.0 Å². The van der Waals surface area contributed by atoms with Crippen LogP contribution in [0.2, 0.25) is 0 Å². The molecule has 1 aliphatic rings. The third kappa shape index (κ3) is 2.89. The number of nitrogens with one attached hydrogen (secondary N) is 1. The maximum Gasteiger partial charge on any atom is 0.121 e. The van der Waals surface area contributed by atoms with E-state index < -0.39 is 0 Å². The third-order valence-electron chi connectivity index (χ3n) is 3.37. The van der Waals surface area contributed by atoms with Crippen molar-refractivity contribution in [3.63, 3.8) is 0 Å². The summed E-state index contributed by atoms with van der Waals surface area (Å²) in [5.74, 6) is 1.73. The van der Waals surface area contributed by atoms with E-state index >= 15 is 0 Å². The van der Waals surface area contributed by atoms with Gasteiger partial charge in [-0.1, -0.05) is 13.3 Å². The Balaban J connectivity index is 1.94. The zero-order chi connectivity index (χ0) is 11.4. The lowest BCUT2D eigenvalue weighted by Crippen LogP contribution is -2.33. The fraction of sp³-hybridized carbons (Fsp3) is 0.692. The first kappa shape index (κ1) is 12.2. The second-order valence-electron chi connectivity index (χ2n) is 4.65. The van der Waals surface area contributed by atoms with Crippen LogP contribution < -0.4 is 5.32 Å². The molecule has 1 fully saturated rings. The molecular weight excluding hydrogens is 266 g/mol. The van der Waals surface area contributed by atoms with Crippen molar-refractivity contribution in [1.29, 1.82) is 0 Å². The molecule has 2 nitrogen and oxygen atoms in total. The van der Waals surface area contributed by atoms with Crippen LogP contribution in [0.25, 0.3) is 0 Å². The van der Waals surface area contributed by atoms with Crippen LogP contribution in [0, 0.1) is 0 Å². The molecule has 1 aromatic rings. The molecule has 3 heteroatoms. The van der Waals surface area contributed by atoms with Crippen LogP contribution in [0.3, 0.4) is 0 Å². The van der Waals surface area contributed by atoms with Crippen molar-refractivity contribution in [3.8, 4) is 0 Å². The maximum absolute atomic E-state index is 5.58. The van der Waals surface area contributed by atoms with Gasteiger partial charge in [0.1, 0.15) is 5.76 Å². The molecular formula is C13H20BrNO. The molecule has 90 valence electrons. The van der Waals surface area contributed by atoms with Crippen molar-refractivity contribution in [2.24, 2.45) is 0 Å². The fourth-order valence-corrected chi connectivity index (χ4v) is 3.08. The average molecular weight is 286 g/mol. The van der Waals surface area contributed by atoms with Crippen LogP contribution in [-0.2, 0) is 0 Å². The van der Waals surface area contributed by atoms with Crippen molar-refractivity contribution >= 4 is 15.9 Å². The first-order valence-corrected chi connectivity index (χ1v) is 7.06. The summed E-state index contributed by atoms with van der Waals surface area (Å²) >= 11 is 3.56. The molecule has 0 radical (unpaired) electrons. The van der Waals surface area contributed by atoms with Gasteiger partial charge in [0.2, 0.25) is 0 Å². The van der Waals surface area contributed by atoms with Crippen molar-refractivity contribution in [2.45, 2.75) is 51.0 Å². The largest absolute Gasteiger partial charge is 0.468 e. The molecule has 0 aliphatic heterocycles. The highest BCUT2D eigenvalue weighted by Crippen LogP contribution is 2.36. The van der Waals surface area contributed by atoms with Gasteiger partial charge in [-0.05, 0) is 54.2 Å². The summed E-state index contributed by atoms with van der Waals surface area (Å²) in [7, 11) is 0. The van der Waals surface area contributed by atoms with Crippen LogP contribution in [0.4, 0.5) is 0 Å². The maximum atomic E-state index is 5.58. The second kappa shape index (κ2) is 5.87. The lowest BCUT2D eigenvalue weighted by Gasteiger charge is -2.29. The lowest BCUT2D eigenvalue weighted by atomic mass is 9.84. The first-order valence-electron chi connectivity index (χ1n) is 6.27. The van der Waals surface area contributed by atoms with Gasteiger partial charge in [-0.3, -0.25) is 0 Å². The summed E-state index contributed by atoms with van der Waals surface area (Å²) in [6, 6.07) is 2.68. The van der Waals surface area contributed by atoms with Crippen molar-refractivity contribution in [1.82, 2.24) is 5.32 Å². The van der Waals surface area contributed by atoms with Crippen LogP contribution >= 0.6 is 15.9 Å². The van der Waals surface area contributed by atoms with Gasteiger partial charge in [-0.15, -0.1) is 0 Å². The molecule has 16 heavy (non-hydrogen) atoms. The zero-order valence-corrected chi connectivity index (χ0v) is 11.4. The van der Waals surface area contributed by atoms with Gasteiger partial charge >= 0.3 is 0 Å². The van der Waals surface area contributed by atoms with E-state index in [1.807, 2.05) is 6.07 Å². The molecule has 1 aliphatic carbocycles. The first-order chi connectivity index (χ1) is 7.81. The van der Waals surface area contributed by atoms with Gasteiger partial charge < -0.3 is 9.73 Å². The monoisotopic (exact) mass is 285 g/mol. The van der Waals surface area contributed by atoms with Crippen LogP contribution in [0.1, 0.15) is 50.7 Å². The molecule has 0 amide bonds. The smallest absolute Gasteiger partial charge is 0.121 e. The molecule has 1 saturated carbocycles. The van der Waals surface area contributed by atoms with E-state index in [0.717, 1.165) is 16.8 Å². The minimum absolute atomic E-state index is 0.590. The van der Waals surface area contributed by atoms with E-state index in [1.165, 1.54) is 32.1 Å². The third-order valence-corrected chi connectivity index (χ3v) is 4.03. The summed E-state index contributed by atoms with van der Waals surface area (Å²) < 4.78 is 6.71. The highest BCUT2D eigenvalue weighted by Gasteiger charge is 2.26. The van der Waals surface area contributed by atoms with E-state index in [-0.39, 0.29) is 0 Å². The van der Waals surface area contributed by atoms with Gasteiger partial charge in [-0.2, -0.15) is 0 Å². The number of hydrogen-bond donors (Lipinski definition) is 1. The van der Waals surface area contributed by atoms with E-state index in [9.17, 15) is 0 Å². The van der Waals surface area contributed by atoms with Crippen molar-refractivity contribution in [2.75, 3.05) is 6.54 Å². The molecule has 0 bridgehead atoms. The zero-order valence-electron chi connectivity index (χ0n) is 9.84. The Morgan fingerprint density at radius 3 is 3.06 bits per heavy atom. The van der Waals surface area contributed by atoms with Gasteiger partial charge in [0.15, 0.2) is 0 Å². The molecule has 2 atom stereocenters. The number of hydrogen-bond acceptors (Lipinski definition) is 2. The molecule has 1 N–H and O–H groups in total. The summed E-state index contributed by atoms with van der Waals surface area (Å²) in [6.45, 7) is 3.35. The normalized spacial score (nSPS) is 25.9. The molecule has 0 spiro atoms. The molecule has 2 rings (SSSR count). The second-order valence-corrected chi connectivity index (χ2v) is 5.50. The fourth-order valence-electron chi connectivity index (χ4n) is 2.56. The van der Waals surface area contributed by atoms with Gasteiger partial charge in [-0.25, -0.2) is 0 Å². The quantitative estimate of drug-likeness (QED) is 0.902. The molecule has 0 aromatic carbocycles. The molecule has 2 unspecified atom stereocenters. The number of rotatable bonds is 4. The molecule has 0 saturated heterocycles. The van der Waals surface area contributed by atoms with Gasteiger partial charge in [0.05, 0.1) is 10.7 Å². The van der Waals surface area contributed by atoms with E-state index in [4.69, 9.17) is 4.42 Å². The number of halogens is 1. The highest BCUT2D eigenvalue weighted by molar-refractivity contribution is 9.10.